The topological polar surface area (TPSA) is 88.9 Å². The summed E-state index contributed by atoms with van der Waals surface area (Å²) in [5.74, 6) is -0.412. The number of carbonyl (C=O) groups excluding carboxylic acids is 2. The number of rotatable bonds is 5. The number of carbonyl (C=O) groups is 2. The molecule has 9 heteroatoms. The molecule has 0 aliphatic rings. The Balaban J connectivity index is 1.39. The number of anilines is 1. The first-order chi connectivity index (χ1) is 12.7. The van der Waals surface area contributed by atoms with Gasteiger partial charge in [0.1, 0.15) is 6.33 Å². The van der Waals surface area contributed by atoms with Crippen LogP contribution in [0, 0.1) is 0 Å². The van der Waals surface area contributed by atoms with Gasteiger partial charge in [0.2, 0.25) is 5.91 Å². The van der Waals surface area contributed by atoms with E-state index in [0.717, 1.165) is 11.0 Å². The zero-order valence-corrected chi connectivity index (χ0v) is 15.0. The summed E-state index contributed by atoms with van der Waals surface area (Å²) in [5, 5.41) is 6.81. The van der Waals surface area contributed by atoms with Crippen molar-refractivity contribution in [1.82, 2.24) is 14.6 Å². The van der Waals surface area contributed by atoms with Gasteiger partial charge in [0.15, 0.2) is 5.13 Å². The first-order valence-electron chi connectivity index (χ1n) is 7.70. The van der Waals surface area contributed by atoms with Gasteiger partial charge in [0.05, 0.1) is 28.0 Å². The molecule has 130 valence electrons. The number of thiazole rings is 1. The molecule has 0 aliphatic carbocycles. The van der Waals surface area contributed by atoms with Gasteiger partial charge in [0, 0.05) is 5.38 Å². The van der Waals surface area contributed by atoms with Crippen molar-refractivity contribution in [2.24, 2.45) is 0 Å². The van der Waals surface area contributed by atoms with Gasteiger partial charge in [-0.1, -0.05) is 18.2 Å². The largest absolute Gasteiger partial charge is 0.297 e. The fourth-order valence-electron chi connectivity index (χ4n) is 2.40. The minimum Gasteiger partial charge on any atom is -0.297 e. The Kier molecular flexibility index (Phi) is 4.46. The number of nitrogens with one attached hydrogen (secondary N) is 2. The van der Waals surface area contributed by atoms with Crippen molar-refractivity contribution in [2.45, 2.75) is 6.42 Å². The lowest BCUT2D eigenvalue weighted by Crippen LogP contribution is -2.23. The summed E-state index contributed by atoms with van der Waals surface area (Å²) in [6, 6.07) is 11.1. The number of hydrogen-bond donors (Lipinski definition) is 2. The number of hydrogen-bond acceptors (Lipinski definition) is 6. The lowest BCUT2D eigenvalue weighted by Gasteiger charge is -2.05. The molecule has 0 saturated heterocycles. The van der Waals surface area contributed by atoms with Crippen molar-refractivity contribution in [1.29, 1.82) is 0 Å². The third kappa shape index (κ3) is 3.48. The first kappa shape index (κ1) is 16.4. The van der Waals surface area contributed by atoms with Crippen LogP contribution >= 0.6 is 22.7 Å². The highest BCUT2D eigenvalue weighted by Crippen LogP contribution is 2.18. The van der Waals surface area contributed by atoms with E-state index in [4.69, 9.17) is 0 Å². The zero-order valence-electron chi connectivity index (χ0n) is 13.4. The second-order valence-corrected chi connectivity index (χ2v) is 7.20. The van der Waals surface area contributed by atoms with E-state index in [1.54, 1.807) is 22.4 Å². The molecule has 3 heterocycles. The third-order valence-corrected chi connectivity index (χ3v) is 5.23. The quantitative estimate of drug-likeness (QED) is 0.554. The van der Waals surface area contributed by atoms with Crippen molar-refractivity contribution in [3.05, 3.63) is 64.1 Å². The molecule has 7 nitrogen and oxygen atoms in total. The van der Waals surface area contributed by atoms with Crippen LogP contribution in [0.4, 0.5) is 5.13 Å². The predicted molar refractivity (Wildman–Crippen MR) is 102 cm³/mol. The molecule has 2 amide bonds. The number of para-hydroxylation sites is 2. The van der Waals surface area contributed by atoms with Crippen molar-refractivity contribution < 1.29 is 9.59 Å². The summed E-state index contributed by atoms with van der Waals surface area (Å²) in [5.41, 5.74) is 5.00. The van der Waals surface area contributed by atoms with Crippen LogP contribution in [0.2, 0.25) is 0 Å². The summed E-state index contributed by atoms with van der Waals surface area (Å²) in [6.07, 6.45) is 1.67. The molecule has 0 bridgehead atoms. The summed E-state index contributed by atoms with van der Waals surface area (Å²) in [7, 11) is 0. The Morgan fingerprint density at radius 1 is 1.12 bits per heavy atom. The maximum absolute atomic E-state index is 12.3. The molecular formula is C17H13N5O2S2. The van der Waals surface area contributed by atoms with Crippen molar-refractivity contribution >= 4 is 50.7 Å². The normalized spacial score (nSPS) is 10.8. The maximum atomic E-state index is 12.3. The molecule has 4 rings (SSSR count). The molecule has 0 atom stereocenters. The highest BCUT2D eigenvalue weighted by Gasteiger charge is 2.12. The molecule has 3 aromatic heterocycles. The highest BCUT2D eigenvalue weighted by molar-refractivity contribution is 7.14. The molecule has 26 heavy (non-hydrogen) atoms. The van der Waals surface area contributed by atoms with Crippen molar-refractivity contribution in [2.75, 3.05) is 10.7 Å². The number of fused-ring (bicyclic) bond motifs is 1. The average Bonchev–Trinajstić information content (AvgIpc) is 3.37. The summed E-state index contributed by atoms with van der Waals surface area (Å²) in [6.45, 7) is 0. The van der Waals surface area contributed by atoms with Crippen LogP contribution in [-0.4, -0.2) is 26.5 Å². The molecule has 0 unspecified atom stereocenters. The van der Waals surface area contributed by atoms with E-state index >= 15 is 0 Å². The predicted octanol–water partition coefficient (Wildman–Crippen LogP) is 3.12. The molecule has 4 aromatic rings. The second kappa shape index (κ2) is 7.06. The Hall–Kier alpha value is -3.04. The van der Waals surface area contributed by atoms with Crippen LogP contribution in [0.25, 0.3) is 11.0 Å². The Morgan fingerprint density at radius 2 is 2.00 bits per heavy atom. The van der Waals surface area contributed by atoms with E-state index in [1.165, 1.54) is 22.7 Å². The molecule has 0 spiro atoms. The molecule has 0 radical (unpaired) electrons. The molecular weight excluding hydrogens is 370 g/mol. The van der Waals surface area contributed by atoms with Crippen LogP contribution in [-0.2, 0) is 11.2 Å². The van der Waals surface area contributed by atoms with E-state index in [0.29, 0.717) is 15.7 Å². The number of aromatic nitrogens is 3. The van der Waals surface area contributed by atoms with Crippen LogP contribution in [0.3, 0.4) is 0 Å². The molecule has 1 aromatic carbocycles. The standard InChI is InChI=1S/C17H13N5O2S2/c23-15(21-22-10-18-12-4-1-2-5-13(12)22)8-11-9-26-17(19-11)20-16(24)14-6-3-7-25-14/h1-7,9-10H,8H2,(H,21,23)(H,19,20,24). The monoisotopic (exact) mass is 383 g/mol. The average molecular weight is 383 g/mol. The number of imidazole rings is 1. The van der Waals surface area contributed by atoms with Gasteiger partial charge in [-0.05, 0) is 23.6 Å². The number of nitrogens with zero attached hydrogens (tertiary/aromatic N) is 3. The van der Waals surface area contributed by atoms with E-state index in [9.17, 15) is 9.59 Å². The van der Waals surface area contributed by atoms with Gasteiger partial charge in [-0.15, -0.1) is 22.7 Å². The fourth-order valence-corrected chi connectivity index (χ4v) is 3.72. The maximum Gasteiger partial charge on any atom is 0.267 e. The van der Waals surface area contributed by atoms with Gasteiger partial charge >= 0.3 is 0 Å². The van der Waals surface area contributed by atoms with E-state index in [1.807, 2.05) is 35.7 Å². The van der Waals surface area contributed by atoms with Gasteiger partial charge in [-0.2, -0.15) is 0 Å². The van der Waals surface area contributed by atoms with Crippen LogP contribution < -0.4 is 10.7 Å². The Labute approximate surface area is 156 Å². The molecule has 0 aliphatic heterocycles. The zero-order chi connectivity index (χ0) is 17.9. The second-order valence-electron chi connectivity index (χ2n) is 5.39. The number of benzene rings is 1. The highest BCUT2D eigenvalue weighted by atomic mass is 32.1. The smallest absolute Gasteiger partial charge is 0.267 e. The van der Waals surface area contributed by atoms with Crippen LogP contribution in [0.5, 0.6) is 0 Å². The minimum atomic E-state index is -0.213. The van der Waals surface area contributed by atoms with Crippen LogP contribution in [0.1, 0.15) is 15.4 Å². The number of thiophene rings is 1. The summed E-state index contributed by atoms with van der Waals surface area (Å²) >= 11 is 2.65. The molecule has 2 N–H and O–H groups in total. The lowest BCUT2D eigenvalue weighted by atomic mass is 10.3. The SMILES string of the molecule is O=C(Cc1csc(NC(=O)c2cccs2)n1)Nn1cnc2ccccc21. The third-order valence-electron chi connectivity index (χ3n) is 3.56. The fraction of sp³-hybridized carbons (Fsp3) is 0.0588. The van der Waals surface area contributed by atoms with Gasteiger partial charge in [-0.3, -0.25) is 20.3 Å². The Bertz CT molecular complexity index is 1070. The lowest BCUT2D eigenvalue weighted by molar-refractivity contribution is -0.116. The number of amides is 2. The van der Waals surface area contributed by atoms with Gasteiger partial charge in [-0.25, -0.2) is 14.6 Å². The molecule has 0 saturated carbocycles. The summed E-state index contributed by atoms with van der Waals surface area (Å²) < 4.78 is 1.59. The minimum absolute atomic E-state index is 0.109. The van der Waals surface area contributed by atoms with Gasteiger partial charge in [0.25, 0.3) is 5.91 Å². The summed E-state index contributed by atoms with van der Waals surface area (Å²) in [4.78, 5) is 33.4. The molecule has 0 fully saturated rings. The van der Waals surface area contributed by atoms with Gasteiger partial charge < -0.3 is 0 Å². The van der Waals surface area contributed by atoms with E-state index < -0.39 is 0 Å². The van der Waals surface area contributed by atoms with Crippen molar-refractivity contribution in [3.8, 4) is 0 Å². The van der Waals surface area contributed by atoms with E-state index in [-0.39, 0.29) is 18.2 Å². The Morgan fingerprint density at radius 3 is 2.85 bits per heavy atom. The van der Waals surface area contributed by atoms with Crippen molar-refractivity contribution in [3.63, 3.8) is 0 Å². The van der Waals surface area contributed by atoms with Crippen LogP contribution in [0.15, 0.2) is 53.5 Å². The van der Waals surface area contributed by atoms with E-state index in [2.05, 4.69) is 20.7 Å². The first-order valence-corrected chi connectivity index (χ1v) is 9.46.